The smallest absolute Gasteiger partial charge is 0.200 e. The summed E-state index contributed by atoms with van der Waals surface area (Å²) in [4.78, 5) is 10.6. The van der Waals surface area contributed by atoms with Crippen molar-refractivity contribution in [1.29, 1.82) is 0 Å². The van der Waals surface area contributed by atoms with Crippen molar-refractivity contribution in [3.8, 4) is 0 Å². The maximum absolute atomic E-state index is 6.58. The van der Waals surface area contributed by atoms with Crippen LogP contribution in [0.15, 0.2) is 58.5 Å². The molecule has 0 aromatic heterocycles. The lowest BCUT2D eigenvalue weighted by Gasteiger charge is -2.33. The fraction of sp³-hybridized carbons (Fsp3) is 0.622. The van der Waals surface area contributed by atoms with Gasteiger partial charge in [0, 0.05) is 0 Å². The first-order valence-electron chi connectivity index (χ1n) is 15.4. The SMILES string of the molecule is CC(C)(C)c1ccc(CC(Cc2ccc(C(C)(C)C)cc2)(C2=NC(C(C)(C)C)CO2)C2=NC(C(C)(C)C)CO2)cc1. The number of ether oxygens (including phenoxy) is 2. The Balaban J connectivity index is 1.87. The zero-order valence-corrected chi connectivity index (χ0v) is 27.8. The molecule has 2 atom stereocenters. The van der Waals surface area contributed by atoms with E-state index in [0.29, 0.717) is 26.1 Å². The fourth-order valence-electron chi connectivity index (χ4n) is 5.56. The quantitative estimate of drug-likeness (QED) is 0.356. The summed E-state index contributed by atoms with van der Waals surface area (Å²) in [5, 5.41) is 0. The number of aliphatic imine (C=N–C) groups is 2. The summed E-state index contributed by atoms with van der Waals surface area (Å²) < 4.78 is 13.2. The van der Waals surface area contributed by atoms with E-state index in [1.807, 2.05) is 0 Å². The van der Waals surface area contributed by atoms with Gasteiger partial charge in [0.2, 0.25) is 0 Å². The maximum atomic E-state index is 6.58. The van der Waals surface area contributed by atoms with Crippen LogP contribution in [0.4, 0.5) is 0 Å². The average Bonchev–Trinajstić information content (AvgIpc) is 3.54. The fourth-order valence-corrected chi connectivity index (χ4v) is 5.56. The second-order valence-electron chi connectivity index (χ2n) is 16.6. The van der Waals surface area contributed by atoms with Gasteiger partial charge in [0.25, 0.3) is 0 Å². The van der Waals surface area contributed by atoms with Crippen LogP contribution in [0.1, 0.15) is 105 Å². The first kappa shape index (κ1) is 31.3. The van der Waals surface area contributed by atoms with E-state index in [1.54, 1.807) is 0 Å². The molecule has 0 N–H and O–H groups in total. The molecule has 2 aliphatic heterocycles. The molecule has 4 rings (SSSR count). The van der Waals surface area contributed by atoms with E-state index in [1.165, 1.54) is 22.3 Å². The second kappa shape index (κ2) is 10.9. The minimum atomic E-state index is -0.632. The predicted molar refractivity (Wildman–Crippen MR) is 173 cm³/mol. The molecule has 0 aliphatic carbocycles. The summed E-state index contributed by atoms with van der Waals surface area (Å²) in [5.74, 6) is 1.54. The molecule has 4 heteroatoms. The van der Waals surface area contributed by atoms with Gasteiger partial charge >= 0.3 is 0 Å². The van der Waals surface area contributed by atoms with Crippen LogP contribution in [0.5, 0.6) is 0 Å². The molecular weight excluding hydrogens is 504 g/mol. The molecule has 2 aromatic rings. The first-order chi connectivity index (χ1) is 18.8. The van der Waals surface area contributed by atoms with Crippen LogP contribution in [0, 0.1) is 16.2 Å². The Morgan fingerprint density at radius 3 is 1.10 bits per heavy atom. The number of hydrogen-bond acceptors (Lipinski definition) is 4. The lowest BCUT2D eigenvalue weighted by Crippen LogP contribution is -2.44. The topological polar surface area (TPSA) is 43.2 Å². The largest absolute Gasteiger partial charge is 0.478 e. The van der Waals surface area contributed by atoms with E-state index in [0.717, 1.165) is 11.8 Å². The molecule has 41 heavy (non-hydrogen) atoms. The highest BCUT2D eigenvalue weighted by Gasteiger charge is 2.51. The summed E-state index contributed by atoms with van der Waals surface area (Å²) >= 11 is 0. The Labute approximate surface area is 250 Å². The van der Waals surface area contributed by atoms with Gasteiger partial charge < -0.3 is 9.47 Å². The van der Waals surface area contributed by atoms with Crippen molar-refractivity contribution in [1.82, 2.24) is 0 Å². The molecule has 0 bridgehead atoms. The van der Waals surface area contributed by atoms with Gasteiger partial charge in [-0.2, -0.15) is 0 Å². The van der Waals surface area contributed by atoms with Crippen molar-refractivity contribution >= 4 is 11.8 Å². The minimum absolute atomic E-state index is 0.00247. The monoisotopic (exact) mass is 558 g/mol. The Morgan fingerprint density at radius 2 is 0.854 bits per heavy atom. The Bertz CT molecular complexity index is 1160. The second-order valence-corrected chi connectivity index (χ2v) is 16.6. The van der Waals surface area contributed by atoms with Crippen LogP contribution in [-0.2, 0) is 33.1 Å². The number of hydrogen-bond donors (Lipinski definition) is 0. The van der Waals surface area contributed by atoms with Crippen LogP contribution in [-0.4, -0.2) is 37.1 Å². The third kappa shape index (κ3) is 7.07. The Hall–Kier alpha value is -2.62. The highest BCUT2D eigenvalue weighted by Crippen LogP contribution is 2.41. The Kier molecular flexibility index (Phi) is 8.32. The van der Waals surface area contributed by atoms with E-state index in [2.05, 4.69) is 132 Å². The van der Waals surface area contributed by atoms with E-state index in [4.69, 9.17) is 19.5 Å². The standard InChI is InChI=1S/C37H54N2O2/c1-33(2,3)27-17-13-25(14-18-27)21-37(31-38-29(23-40-31)35(7,8)9,32-39-30(24-41-32)36(10,11)12)22-26-15-19-28(20-16-26)34(4,5)6/h13-20,29-30H,21-24H2,1-12H3. The first-order valence-corrected chi connectivity index (χ1v) is 15.4. The van der Waals surface area contributed by atoms with Gasteiger partial charge in [-0.3, -0.25) is 0 Å². The predicted octanol–water partition coefficient (Wildman–Crippen LogP) is 8.74. The van der Waals surface area contributed by atoms with Gasteiger partial charge in [-0.15, -0.1) is 0 Å². The highest BCUT2D eigenvalue weighted by molar-refractivity contribution is 6.07. The molecule has 2 aromatic carbocycles. The van der Waals surface area contributed by atoms with Crippen molar-refractivity contribution in [3.63, 3.8) is 0 Å². The van der Waals surface area contributed by atoms with Crippen LogP contribution in [0.3, 0.4) is 0 Å². The molecule has 0 radical (unpaired) electrons. The van der Waals surface area contributed by atoms with Crippen molar-refractivity contribution in [2.45, 2.75) is 119 Å². The molecule has 0 fully saturated rings. The molecular formula is C37H54N2O2. The average molecular weight is 559 g/mol. The maximum Gasteiger partial charge on any atom is 0.200 e. The van der Waals surface area contributed by atoms with Gasteiger partial charge in [0.15, 0.2) is 11.8 Å². The van der Waals surface area contributed by atoms with Crippen LogP contribution < -0.4 is 0 Å². The summed E-state index contributed by atoms with van der Waals surface area (Å²) in [6.45, 7) is 28.2. The zero-order valence-electron chi connectivity index (χ0n) is 27.8. The highest BCUT2D eigenvalue weighted by atomic mass is 16.5. The van der Waals surface area contributed by atoms with Gasteiger partial charge in [-0.05, 0) is 56.8 Å². The van der Waals surface area contributed by atoms with Gasteiger partial charge in [-0.25, -0.2) is 9.98 Å². The lowest BCUT2D eigenvalue weighted by molar-refractivity contribution is 0.207. The summed E-state index contributed by atoms with van der Waals surface area (Å²) in [5.41, 5.74) is 4.70. The Morgan fingerprint density at radius 1 is 0.537 bits per heavy atom. The summed E-state index contributed by atoms with van der Waals surface area (Å²) in [7, 11) is 0. The third-order valence-corrected chi connectivity index (χ3v) is 8.77. The van der Waals surface area contributed by atoms with E-state index < -0.39 is 5.41 Å². The van der Waals surface area contributed by atoms with Gasteiger partial charge in [-0.1, -0.05) is 132 Å². The lowest BCUT2D eigenvalue weighted by atomic mass is 9.74. The summed E-state index contributed by atoms with van der Waals surface area (Å²) in [6.07, 6.45) is 1.42. The molecule has 2 unspecified atom stereocenters. The van der Waals surface area contributed by atoms with Crippen LogP contribution >= 0.6 is 0 Å². The van der Waals surface area contributed by atoms with Gasteiger partial charge in [0.1, 0.15) is 18.6 Å². The van der Waals surface area contributed by atoms with Gasteiger partial charge in [0.05, 0.1) is 12.1 Å². The van der Waals surface area contributed by atoms with Crippen LogP contribution in [0.2, 0.25) is 0 Å². The molecule has 0 saturated carbocycles. The van der Waals surface area contributed by atoms with E-state index >= 15 is 0 Å². The zero-order chi connectivity index (χ0) is 30.4. The molecule has 4 nitrogen and oxygen atoms in total. The third-order valence-electron chi connectivity index (χ3n) is 8.77. The normalized spacial score (nSPS) is 20.4. The summed E-state index contributed by atoms with van der Waals surface area (Å²) in [6, 6.07) is 18.3. The van der Waals surface area contributed by atoms with Crippen LogP contribution in [0.25, 0.3) is 0 Å². The van der Waals surface area contributed by atoms with Crippen molar-refractivity contribution in [2.24, 2.45) is 26.2 Å². The minimum Gasteiger partial charge on any atom is -0.478 e. The van der Waals surface area contributed by atoms with E-state index in [-0.39, 0.29) is 33.7 Å². The molecule has 2 heterocycles. The van der Waals surface area contributed by atoms with E-state index in [9.17, 15) is 0 Å². The molecule has 224 valence electrons. The molecule has 0 spiro atoms. The van der Waals surface area contributed by atoms with Crippen molar-refractivity contribution < 1.29 is 9.47 Å². The van der Waals surface area contributed by atoms with Crippen molar-refractivity contribution in [3.05, 3.63) is 70.8 Å². The molecule has 2 aliphatic rings. The number of benzene rings is 2. The van der Waals surface area contributed by atoms with Crippen molar-refractivity contribution in [2.75, 3.05) is 13.2 Å². The molecule has 0 amide bonds. The number of rotatable bonds is 6. The number of nitrogens with zero attached hydrogens (tertiary/aromatic N) is 2. The molecule has 0 saturated heterocycles.